The van der Waals surface area contributed by atoms with Crippen LogP contribution in [0.5, 0.6) is 17.4 Å². The summed E-state index contributed by atoms with van der Waals surface area (Å²) in [5.74, 6) is 3.22. The maximum atomic E-state index is 13.7. The molecule has 2 aromatic heterocycles. The molecule has 0 amide bonds. The van der Waals surface area contributed by atoms with Crippen LogP contribution < -0.4 is 24.6 Å². The number of benzene rings is 1. The molecule has 2 N–H and O–H groups in total. The summed E-state index contributed by atoms with van der Waals surface area (Å²) in [4.78, 5) is 13.7. The number of anilines is 1. The van der Waals surface area contributed by atoms with Crippen molar-refractivity contribution in [2.45, 2.75) is 84.6 Å². The first-order chi connectivity index (χ1) is 18.7. The molecule has 3 aromatic rings. The summed E-state index contributed by atoms with van der Waals surface area (Å²) in [5, 5.41) is 8.87. The Balaban J connectivity index is 1.40. The molecular formula is C30H42N5O4+. The van der Waals surface area contributed by atoms with E-state index in [0.29, 0.717) is 54.5 Å². The van der Waals surface area contributed by atoms with Gasteiger partial charge in [-0.05, 0) is 71.7 Å². The molecule has 0 aliphatic heterocycles. The molecule has 0 unspecified atom stereocenters. The number of rotatable bonds is 14. The van der Waals surface area contributed by atoms with E-state index in [-0.39, 0.29) is 23.7 Å². The number of ketones is 1. The van der Waals surface area contributed by atoms with Crippen molar-refractivity contribution in [1.29, 1.82) is 0 Å². The van der Waals surface area contributed by atoms with Crippen LogP contribution in [0.1, 0.15) is 88.6 Å². The van der Waals surface area contributed by atoms with Crippen LogP contribution in [0.15, 0.2) is 24.3 Å². The van der Waals surface area contributed by atoms with Gasteiger partial charge in [0.25, 0.3) is 5.88 Å². The number of nitrogens with zero attached hydrogens (tertiary/aromatic N) is 4. The number of carbonyl (C=O) groups is 1. The van der Waals surface area contributed by atoms with E-state index in [1.54, 1.807) is 10.7 Å². The van der Waals surface area contributed by atoms with Crippen LogP contribution in [-0.2, 0) is 12.0 Å². The summed E-state index contributed by atoms with van der Waals surface area (Å²) < 4.78 is 21.5. The number of Topliss-reactive ketones (excluding diaryl/α,β-unsaturated/α-hetero) is 1. The molecule has 5 rings (SSSR count). The summed E-state index contributed by atoms with van der Waals surface area (Å²) in [5.41, 5.74) is 8.10. The van der Waals surface area contributed by atoms with Gasteiger partial charge in [-0.2, -0.15) is 0 Å². The monoisotopic (exact) mass is 536 g/mol. The average Bonchev–Trinajstić information content (AvgIpc) is 3.83. The predicted molar refractivity (Wildman–Crippen MR) is 149 cm³/mol. The number of hydrogen-bond donors (Lipinski definition) is 1. The van der Waals surface area contributed by atoms with Gasteiger partial charge in [0, 0.05) is 23.3 Å². The third kappa shape index (κ3) is 6.81. The van der Waals surface area contributed by atoms with Crippen molar-refractivity contribution in [3.05, 3.63) is 35.4 Å². The molecule has 0 saturated heterocycles. The Bertz CT molecular complexity index is 1320. The highest BCUT2D eigenvalue weighted by atomic mass is 16.5. The quantitative estimate of drug-likeness (QED) is 0.177. The van der Waals surface area contributed by atoms with Gasteiger partial charge < -0.3 is 19.9 Å². The Morgan fingerprint density at radius 1 is 1.05 bits per heavy atom. The number of nitrogens with two attached hydrogens (primary N) is 1. The Morgan fingerprint density at radius 2 is 1.77 bits per heavy atom. The molecule has 2 fully saturated rings. The molecule has 1 aromatic carbocycles. The largest absolute Gasteiger partial charge is 0.489 e. The van der Waals surface area contributed by atoms with Crippen LogP contribution in [0.2, 0.25) is 0 Å². The van der Waals surface area contributed by atoms with Crippen LogP contribution in [-0.4, -0.2) is 40.3 Å². The molecule has 9 heteroatoms. The Kier molecular flexibility index (Phi) is 7.96. The maximum Gasteiger partial charge on any atom is 0.355 e. The number of aromatic nitrogens is 4. The van der Waals surface area contributed by atoms with Gasteiger partial charge in [-0.3, -0.25) is 4.79 Å². The summed E-state index contributed by atoms with van der Waals surface area (Å²) in [6.45, 7) is 10.5. The van der Waals surface area contributed by atoms with Gasteiger partial charge in [-0.25, -0.2) is 0 Å². The number of nitrogen functional groups attached to an aromatic ring is 1. The molecule has 2 aliphatic carbocycles. The Labute approximate surface area is 230 Å². The van der Waals surface area contributed by atoms with E-state index in [9.17, 15) is 4.79 Å². The lowest BCUT2D eigenvalue weighted by atomic mass is 9.84. The van der Waals surface area contributed by atoms with Gasteiger partial charge in [0.1, 0.15) is 0 Å². The van der Waals surface area contributed by atoms with Crippen molar-refractivity contribution in [2.24, 2.45) is 11.8 Å². The zero-order valence-corrected chi connectivity index (χ0v) is 23.7. The second-order valence-corrected chi connectivity index (χ2v) is 12.0. The molecule has 0 spiro atoms. The van der Waals surface area contributed by atoms with E-state index < -0.39 is 0 Å². The van der Waals surface area contributed by atoms with Crippen LogP contribution in [0.25, 0.3) is 5.65 Å². The van der Waals surface area contributed by atoms with Crippen molar-refractivity contribution in [2.75, 3.05) is 25.6 Å². The fourth-order valence-corrected chi connectivity index (χ4v) is 4.48. The van der Waals surface area contributed by atoms with Crippen molar-refractivity contribution < 1.29 is 23.7 Å². The topological polar surface area (TPSA) is 105 Å². The zero-order chi connectivity index (χ0) is 27.6. The molecule has 2 heterocycles. The minimum atomic E-state index is -0.233. The smallest absolute Gasteiger partial charge is 0.355 e. The fraction of sp³-hybridized carbons (Fsp3) is 0.600. The molecule has 210 valence electrons. The summed E-state index contributed by atoms with van der Waals surface area (Å²) in [7, 11) is 0. The van der Waals surface area contributed by atoms with Gasteiger partial charge in [0.2, 0.25) is 5.78 Å². The van der Waals surface area contributed by atoms with E-state index in [1.165, 1.54) is 30.2 Å². The Hall–Kier alpha value is -3.36. The molecule has 39 heavy (non-hydrogen) atoms. The SMILES string of the molecule is CCCCCOc1ccc2n(n1)c(N)n[n+]2CC(=O)c1cc(OCC2CC2)c(OCC2CC2)c(C(C)(C)C)c1. The first kappa shape index (κ1) is 27.2. The van der Waals surface area contributed by atoms with E-state index in [1.807, 2.05) is 18.2 Å². The molecule has 2 aliphatic rings. The number of carbonyl (C=O) groups excluding carboxylic acids is 1. The third-order valence-electron chi connectivity index (χ3n) is 7.30. The molecular weight excluding hydrogens is 494 g/mol. The fourth-order valence-electron chi connectivity index (χ4n) is 4.48. The highest BCUT2D eigenvalue weighted by Gasteiger charge is 2.30. The summed E-state index contributed by atoms with van der Waals surface area (Å²) in [6.07, 6.45) is 7.99. The minimum absolute atomic E-state index is 0.0208. The molecule has 2 saturated carbocycles. The van der Waals surface area contributed by atoms with Gasteiger partial charge in [0.15, 0.2) is 18.0 Å². The maximum absolute atomic E-state index is 13.7. The lowest BCUT2D eigenvalue weighted by Crippen LogP contribution is -2.40. The third-order valence-corrected chi connectivity index (χ3v) is 7.30. The minimum Gasteiger partial charge on any atom is -0.489 e. The molecule has 0 atom stereocenters. The van der Waals surface area contributed by atoms with Gasteiger partial charge in [0.05, 0.1) is 19.8 Å². The lowest BCUT2D eigenvalue weighted by Gasteiger charge is -2.26. The van der Waals surface area contributed by atoms with Crippen LogP contribution in [0.3, 0.4) is 0 Å². The molecule has 0 bridgehead atoms. The van der Waals surface area contributed by atoms with Crippen molar-refractivity contribution in [3.8, 4) is 17.4 Å². The number of fused-ring (bicyclic) bond motifs is 1. The van der Waals surface area contributed by atoms with E-state index in [0.717, 1.165) is 30.6 Å². The highest BCUT2D eigenvalue weighted by molar-refractivity contribution is 5.96. The van der Waals surface area contributed by atoms with Gasteiger partial charge in [-0.1, -0.05) is 45.1 Å². The van der Waals surface area contributed by atoms with Gasteiger partial charge >= 0.3 is 11.6 Å². The zero-order valence-electron chi connectivity index (χ0n) is 23.7. The first-order valence-electron chi connectivity index (χ1n) is 14.4. The van der Waals surface area contributed by atoms with Crippen LogP contribution in [0, 0.1) is 11.8 Å². The van der Waals surface area contributed by atoms with E-state index >= 15 is 0 Å². The first-order valence-corrected chi connectivity index (χ1v) is 14.4. The number of unbranched alkanes of at least 4 members (excludes halogenated alkanes) is 2. The van der Waals surface area contributed by atoms with Crippen LogP contribution in [0.4, 0.5) is 5.95 Å². The highest BCUT2D eigenvalue weighted by Crippen LogP contribution is 2.42. The standard InChI is InChI=1S/C30H42N5O4/c1-5-6-7-14-37-26-12-13-27-34(33-29(31)35(27)32-26)17-24(36)22-15-23(30(2,3)4)28(39-19-21-10-11-21)25(16-22)38-18-20-8-9-20/h12-13,15-16,20-21H,5-11,14,17-19H2,1-4H3,(H2,31,33)/q+1. The van der Waals surface area contributed by atoms with E-state index in [4.69, 9.17) is 19.9 Å². The predicted octanol–water partition coefficient (Wildman–Crippen LogP) is 4.93. The second-order valence-electron chi connectivity index (χ2n) is 12.0. The number of hydrogen-bond acceptors (Lipinski definition) is 7. The molecule has 0 radical (unpaired) electrons. The van der Waals surface area contributed by atoms with E-state index in [2.05, 4.69) is 37.9 Å². The second kappa shape index (κ2) is 11.4. The van der Waals surface area contributed by atoms with Gasteiger partial charge in [-0.15, -0.1) is 4.68 Å². The molecule has 9 nitrogen and oxygen atoms in total. The van der Waals surface area contributed by atoms with Crippen molar-refractivity contribution >= 4 is 17.4 Å². The summed E-state index contributed by atoms with van der Waals surface area (Å²) >= 11 is 0. The van der Waals surface area contributed by atoms with Crippen molar-refractivity contribution in [1.82, 2.24) is 14.7 Å². The van der Waals surface area contributed by atoms with Crippen molar-refractivity contribution in [3.63, 3.8) is 0 Å². The normalized spacial score (nSPS) is 15.5. The summed E-state index contributed by atoms with van der Waals surface area (Å²) in [6, 6.07) is 7.41. The lowest BCUT2D eigenvalue weighted by molar-refractivity contribution is -0.714. The average molecular weight is 537 g/mol. The Morgan fingerprint density at radius 3 is 2.44 bits per heavy atom. The van der Waals surface area contributed by atoms with Crippen LogP contribution >= 0.6 is 0 Å². The number of ether oxygens (including phenoxy) is 3.